The molecule has 166 valence electrons. The molecular weight excluding hydrogens is 453 g/mol. The Morgan fingerprint density at radius 1 is 0.882 bits per heavy atom. The normalized spacial score (nSPS) is 10.9. The molecule has 5 aromatic rings. The summed E-state index contributed by atoms with van der Waals surface area (Å²) in [7, 11) is 0. The molecule has 2 aromatic heterocycles. The third kappa shape index (κ3) is 4.07. The van der Waals surface area contributed by atoms with E-state index < -0.39 is 17.0 Å². The van der Waals surface area contributed by atoms with Gasteiger partial charge in [-0.05, 0) is 54.6 Å². The zero-order chi connectivity index (χ0) is 23.7. The van der Waals surface area contributed by atoms with E-state index in [9.17, 15) is 9.59 Å². The van der Waals surface area contributed by atoms with E-state index >= 15 is 4.39 Å². The number of halogens is 2. The maximum atomic E-state index is 15.0. The molecule has 5 rings (SSSR count). The number of hydrogen-bond acceptors (Lipinski definition) is 4. The molecular formula is C27H17ClFN3O2. The Morgan fingerprint density at radius 3 is 2.21 bits per heavy atom. The molecule has 0 bridgehead atoms. The molecule has 0 aliphatic rings. The van der Waals surface area contributed by atoms with Crippen molar-refractivity contribution >= 4 is 39.9 Å². The fraction of sp³-hybridized carbons (Fsp3) is 0. The number of rotatable bonds is 5. The van der Waals surface area contributed by atoms with Crippen LogP contribution in [-0.2, 0) is 0 Å². The highest BCUT2D eigenvalue weighted by Gasteiger charge is 2.21. The SMILES string of the molecule is O=C(c1ccc(Cl)cc1)c1nc2c(cc1F)c(=O)cc(Nc1ccccc1)n2-c1ccccc1. The second kappa shape index (κ2) is 8.92. The molecule has 0 radical (unpaired) electrons. The first-order valence-electron chi connectivity index (χ1n) is 10.5. The van der Waals surface area contributed by atoms with E-state index in [0.717, 1.165) is 11.8 Å². The number of para-hydroxylation sites is 2. The molecule has 0 amide bonds. The predicted molar refractivity (Wildman–Crippen MR) is 132 cm³/mol. The number of fused-ring (bicyclic) bond motifs is 1. The summed E-state index contributed by atoms with van der Waals surface area (Å²) >= 11 is 5.92. The van der Waals surface area contributed by atoms with Crippen LogP contribution in [0.3, 0.4) is 0 Å². The second-order valence-electron chi connectivity index (χ2n) is 7.58. The smallest absolute Gasteiger partial charge is 0.214 e. The van der Waals surface area contributed by atoms with E-state index in [1.54, 1.807) is 16.7 Å². The number of carbonyl (C=O) groups is 1. The zero-order valence-electron chi connectivity index (χ0n) is 17.7. The van der Waals surface area contributed by atoms with Gasteiger partial charge in [0, 0.05) is 28.0 Å². The number of nitrogens with one attached hydrogen (secondary N) is 1. The molecule has 34 heavy (non-hydrogen) atoms. The van der Waals surface area contributed by atoms with Gasteiger partial charge in [-0.2, -0.15) is 0 Å². The number of nitrogens with zero attached hydrogens (tertiary/aromatic N) is 2. The van der Waals surface area contributed by atoms with E-state index in [-0.39, 0.29) is 22.3 Å². The largest absolute Gasteiger partial charge is 0.341 e. The summed E-state index contributed by atoms with van der Waals surface area (Å²) in [6.45, 7) is 0. The van der Waals surface area contributed by atoms with E-state index in [1.807, 2.05) is 60.7 Å². The minimum absolute atomic E-state index is 0.0626. The number of benzene rings is 3. The topological polar surface area (TPSA) is 64.0 Å². The van der Waals surface area contributed by atoms with Gasteiger partial charge in [-0.15, -0.1) is 0 Å². The van der Waals surface area contributed by atoms with Crippen LogP contribution in [0.4, 0.5) is 15.9 Å². The monoisotopic (exact) mass is 469 g/mol. The lowest BCUT2D eigenvalue weighted by Gasteiger charge is -2.18. The van der Waals surface area contributed by atoms with Crippen molar-refractivity contribution in [3.63, 3.8) is 0 Å². The van der Waals surface area contributed by atoms with Crippen LogP contribution < -0.4 is 10.7 Å². The van der Waals surface area contributed by atoms with Gasteiger partial charge in [0.25, 0.3) is 0 Å². The van der Waals surface area contributed by atoms with Gasteiger partial charge in [0.1, 0.15) is 11.5 Å². The fourth-order valence-corrected chi connectivity index (χ4v) is 3.83. The van der Waals surface area contributed by atoms with Crippen LogP contribution in [0.2, 0.25) is 5.02 Å². The molecule has 7 heteroatoms. The highest BCUT2D eigenvalue weighted by Crippen LogP contribution is 2.26. The molecule has 1 N–H and O–H groups in total. The number of ketones is 1. The quantitative estimate of drug-likeness (QED) is 0.313. The molecule has 0 unspecified atom stereocenters. The van der Waals surface area contributed by atoms with Crippen LogP contribution in [0.1, 0.15) is 16.1 Å². The van der Waals surface area contributed by atoms with Crippen molar-refractivity contribution in [2.75, 3.05) is 5.32 Å². The summed E-state index contributed by atoms with van der Waals surface area (Å²) in [5, 5.41) is 3.75. The minimum Gasteiger partial charge on any atom is -0.341 e. The molecule has 0 saturated heterocycles. The molecule has 3 aromatic carbocycles. The third-order valence-corrected chi connectivity index (χ3v) is 5.58. The Balaban J connectivity index is 1.77. The van der Waals surface area contributed by atoms with Crippen molar-refractivity contribution in [2.45, 2.75) is 0 Å². The molecule has 0 fully saturated rings. The third-order valence-electron chi connectivity index (χ3n) is 5.32. The average Bonchev–Trinajstić information content (AvgIpc) is 2.85. The first kappa shape index (κ1) is 21.6. The lowest BCUT2D eigenvalue weighted by molar-refractivity contribution is 0.103. The summed E-state index contributed by atoms with van der Waals surface area (Å²) in [5.74, 6) is -1.05. The van der Waals surface area contributed by atoms with Gasteiger partial charge in [0.05, 0.1) is 5.39 Å². The van der Waals surface area contributed by atoms with Gasteiger partial charge < -0.3 is 5.32 Å². The average molecular weight is 470 g/mol. The zero-order valence-corrected chi connectivity index (χ0v) is 18.5. The molecule has 5 nitrogen and oxygen atoms in total. The fourth-order valence-electron chi connectivity index (χ4n) is 3.71. The van der Waals surface area contributed by atoms with Crippen LogP contribution in [0.15, 0.2) is 102 Å². The first-order valence-corrected chi connectivity index (χ1v) is 10.8. The van der Waals surface area contributed by atoms with Gasteiger partial charge in [-0.25, -0.2) is 9.37 Å². The summed E-state index contributed by atoms with van der Waals surface area (Å²) in [4.78, 5) is 30.4. The van der Waals surface area contributed by atoms with Gasteiger partial charge in [-0.3, -0.25) is 14.2 Å². The van der Waals surface area contributed by atoms with Crippen molar-refractivity contribution < 1.29 is 9.18 Å². The first-order chi connectivity index (χ1) is 16.5. The minimum atomic E-state index is -0.868. The lowest BCUT2D eigenvalue weighted by atomic mass is 10.1. The van der Waals surface area contributed by atoms with Crippen LogP contribution in [0, 0.1) is 5.82 Å². The number of carbonyl (C=O) groups excluding carboxylic acids is 1. The van der Waals surface area contributed by atoms with Crippen molar-refractivity contribution in [2.24, 2.45) is 0 Å². The van der Waals surface area contributed by atoms with Crippen LogP contribution in [-0.4, -0.2) is 15.3 Å². The molecule has 0 aliphatic heterocycles. The van der Waals surface area contributed by atoms with E-state index in [2.05, 4.69) is 10.3 Å². The summed E-state index contributed by atoms with van der Waals surface area (Å²) in [5.41, 5.74) is 1.05. The second-order valence-corrected chi connectivity index (χ2v) is 8.02. The Morgan fingerprint density at radius 2 is 1.53 bits per heavy atom. The van der Waals surface area contributed by atoms with Crippen molar-refractivity contribution in [3.05, 3.63) is 129 Å². The lowest BCUT2D eigenvalue weighted by Crippen LogP contribution is -2.16. The van der Waals surface area contributed by atoms with Crippen LogP contribution in [0.25, 0.3) is 16.7 Å². The Labute approximate surface area is 199 Å². The molecule has 2 heterocycles. The number of hydrogen-bond donors (Lipinski definition) is 1. The molecule has 0 atom stereocenters. The van der Waals surface area contributed by atoms with Gasteiger partial charge >= 0.3 is 0 Å². The van der Waals surface area contributed by atoms with Crippen LogP contribution in [0.5, 0.6) is 0 Å². The Hall–Kier alpha value is -4.29. The summed E-state index contributed by atoms with van der Waals surface area (Å²) in [6, 6.07) is 27.1. The maximum Gasteiger partial charge on any atom is 0.214 e. The van der Waals surface area contributed by atoms with Gasteiger partial charge in [-0.1, -0.05) is 48.0 Å². The molecule has 0 spiro atoms. The van der Waals surface area contributed by atoms with Crippen molar-refractivity contribution in [1.29, 1.82) is 0 Å². The summed E-state index contributed by atoms with van der Waals surface area (Å²) in [6.07, 6.45) is 0. The van der Waals surface area contributed by atoms with E-state index in [0.29, 0.717) is 16.5 Å². The number of pyridine rings is 2. The standard InChI is InChI=1S/C27H17ClFN3O2/c28-18-13-11-17(12-14-18)26(34)25-22(29)15-21-23(33)16-24(30-19-7-3-1-4-8-19)32(27(21)31-25)20-9-5-2-6-10-20/h1-16,30H. The van der Waals surface area contributed by atoms with E-state index in [1.165, 1.54) is 18.2 Å². The Bertz CT molecular complexity index is 1570. The summed E-state index contributed by atoms with van der Waals surface area (Å²) < 4.78 is 16.7. The maximum absolute atomic E-state index is 15.0. The molecule has 0 aliphatic carbocycles. The van der Waals surface area contributed by atoms with Crippen molar-refractivity contribution in [3.8, 4) is 5.69 Å². The van der Waals surface area contributed by atoms with E-state index in [4.69, 9.17) is 11.6 Å². The highest BCUT2D eigenvalue weighted by molar-refractivity contribution is 6.30. The Kier molecular flexibility index (Phi) is 5.65. The molecule has 0 saturated carbocycles. The van der Waals surface area contributed by atoms with Gasteiger partial charge in [0.15, 0.2) is 16.9 Å². The van der Waals surface area contributed by atoms with Gasteiger partial charge in [0.2, 0.25) is 5.78 Å². The number of anilines is 2. The number of aromatic nitrogens is 2. The predicted octanol–water partition coefficient (Wildman–Crippen LogP) is 6.15. The highest BCUT2D eigenvalue weighted by atomic mass is 35.5. The van der Waals surface area contributed by atoms with Crippen LogP contribution >= 0.6 is 11.6 Å². The van der Waals surface area contributed by atoms with Crippen molar-refractivity contribution in [1.82, 2.24) is 9.55 Å².